The van der Waals surface area contributed by atoms with Crippen molar-refractivity contribution in [3.05, 3.63) is 75.5 Å². The third-order valence-electron chi connectivity index (χ3n) is 6.17. The predicted octanol–water partition coefficient (Wildman–Crippen LogP) is 5.68. The van der Waals surface area contributed by atoms with Crippen molar-refractivity contribution < 1.29 is 9.53 Å². The Labute approximate surface area is 205 Å². The van der Waals surface area contributed by atoms with Gasteiger partial charge >= 0.3 is 5.97 Å². The molecular weight excluding hydrogens is 457 g/mol. The fraction of sp³-hybridized carbons (Fsp3) is 0.346. The first-order valence-electron chi connectivity index (χ1n) is 11.2. The molecule has 0 spiro atoms. The maximum Gasteiger partial charge on any atom is 0.340 e. The molecule has 0 radical (unpaired) electrons. The standard InChI is InChI=1S/C26H29Cl2N3O2/c1-4-33-26(32)24-18(2)31(22-11-9-21(28)10-12-22)23(17-30-15-13-29(3)14-16-30)25(24)19-5-7-20(27)8-6-19/h5-12H,4,13-17H2,1-3H3. The zero-order chi connectivity index (χ0) is 23.5. The average Bonchev–Trinajstić information content (AvgIpc) is 3.08. The highest BCUT2D eigenvalue weighted by Gasteiger charge is 2.29. The molecule has 0 amide bonds. The van der Waals surface area contributed by atoms with Crippen LogP contribution in [0.4, 0.5) is 0 Å². The number of hydrogen-bond donors (Lipinski definition) is 0. The highest BCUT2D eigenvalue weighted by molar-refractivity contribution is 6.30. The minimum absolute atomic E-state index is 0.313. The van der Waals surface area contributed by atoms with Crippen molar-refractivity contribution >= 4 is 29.2 Å². The normalized spacial score (nSPS) is 15.1. The molecule has 4 rings (SSSR count). The van der Waals surface area contributed by atoms with Gasteiger partial charge < -0.3 is 14.2 Å². The SMILES string of the molecule is CCOC(=O)c1c(-c2ccc(Cl)cc2)c(CN2CCN(C)CC2)n(-c2ccc(Cl)cc2)c1C. The molecule has 0 bridgehead atoms. The molecule has 1 aliphatic heterocycles. The Kier molecular flexibility index (Phi) is 7.45. The molecule has 5 nitrogen and oxygen atoms in total. The van der Waals surface area contributed by atoms with Crippen LogP contribution < -0.4 is 0 Å². The molecule has 33 heavy (non-hydrogen) atoms. The number of carbonyl (C=O) groups is 1. The number of benzene rings is 2. The summed E-state index contributed by atoms with van der Waals surface area (Å²) < 4.78 is 7.67. The Morgan fingerprint density at radius 2 is 1.52 bits per heavy atom. The smallest absolute Gasteiger partial charge is 0.340 e. The zero-order valence-corrected chi connectivity index (χ0v) is 20.8. The summed E-state index contributed by atoms with van der Waals surface area (Å²) in [6.07, 6.45) is 0. The van der Waals surface area contributed by atoms with Gasteiger partial charge in [0.05, 0.1) is 12.2 Å². The lowest BCUT2D eigenvalue weighted by Gasteiger charge is -2.33. The van der Waals surface area contributed by atoms with E-state index < -0.39 is 0 Å². The number of aromatic nitrogens is 1. The first-order valence-corrected chi connectivity index (χ1v) is 12.0. The maximum atomic E-state index is 13.2. The van der Waals surface area contributed by atoms with Gasteiger partial charge in [-0.05, 0) is 62.9 Å². The number of halogens is 2. The number of nitrogens with zero attached hydrogens (tertiary/aromatic N) is 3. The van der Waals surface area contributed by atoms with Gasteiger partial charge in [0.15, 0.2) is 0 Å². The lowest BCUT2D eigenvalue weighted by Crippen LogP contribution is -2.44. The summed E-state index contributed by atoms with van der Waals surface area (Å²) in [6.45, 7) is 8.81. The topological polar surface area (TPSA) is 37.7 Å². The van der Waals surface area contributed by atoms with Crippen molar-refractivity contribution in [3.63, 3.8) is 0 Å². The van der Waals surface area contributed by atoms with Crippen molar-refractivity contribution in [1.29, 1.82) is 0 Å². The average molecular weight is 486 g/mol. The van der Waals surface area contributed by atoms with Gasteiger partial charge in [0, 0.05) is 65.4 Å². The number of piperazine rings is 1. The fourth-order valence-corrected chi connectivity index (χ4v) is 4.69. The molecule has 0 saturated carbocycles. The number of ether oxygens (including phenoxy) is 1. The third kappa shape index (κ3) is 5.12. The molecule has 0 N–H and O–H groups in total. The molecule has 0 aliphatic carbocycles. The van der Waals surface area contributed by atoms with Crippen molar-refractivity contribution in [2.75, 3.05) is 39.8 Å². The summed E-state index contributed by atoms with van der Waals surface area (Å²) in [5.41, 5.74) is 5.32. The molecule has 174 valence electrons. The lowest BCUT2D eigenvalue weighted by molar-refractivity contribution is 0.0526. The van der Waals surface area contributed by atoms with Crippen LogP contribution in [-0.2, 0) is 11.3 Å². The van der Waals surface area contributed by atoms with Gasteiger partial charge in [-0.15, -0.1) is 0 Å². The summed E-state index contributed by atoms with van der Waals surface area (Å²) in [6, 6.07) is 15.4. The Morgan fingerprint density at radius 1 is 0.939 bits per heavy atom. The van der Waals surface area contributed by atoms with E-state index in [0.717, 1.165) is 54.4 Å². The molecule has 0 atom stereocenters. The second-order valence-electron chi connectivity index (χ2n) is 8.40. The quantitative estimate of drug-likeness (QED) is 0.420. The first kappa shape index (κ1) is 23.8. The van der Waals surface area contributed by atoms with E-state index in [-0.39, 0.29) is 5.97 Å². The predicted molar refractivity (Wildman–Crippen MR) is 135 cm³/mol. The van der Waals surface area contributed by atoms with Crippen LogP contribution in [0.5, 0.6) is 0 Å². The van der Waals surface area contributed by atoms with Crippen LogP contribution in [-0.4, -0.2) is 60.2 Å². The number of esters is 1. The second kappa shape index (κ2) is 10.3. The Morgan fingerprint density at radius 3 is 2.09 bits per heavy atom. The van der Waals surface area contributed by atoms with Gasteiger partial charge in [0.1, 0.15) is 0 Å². The van der Waals surface area contributed by atoms with Crippen molar-refractivity contribution in [2.45, 2.75) is 20.4 Å². The summed E-state index contributed by atoms with van der Waals surface area (Å²) in [4.78, 5) is 18.0. The molecule has 1 aromatic heterocycles. The molecular formula is C26H29Cl2N3O2. The van der Waals surface area contributed by atoms with Crippen LogP contribution in [0.2, 0.25) is 10.0 Å². The first-order chi connectivity index (χ1) is 15.9. The van der Waals surface area contributed by atoms with Gasteiger partial charge in [-0.3, -0.25) is 4.90 Å². The van der Waals surface area contributed by atoms with Crippen LogP contribution in [0.15, 0.2) is 48.5 Å². The highest BCUT2D eigenvalue weighted by atomic mass is 35.5. The molecule has 2 heterocycles. The van der Waals surface area contributed by atoms with Gasteiger partial charge in [0.2, 0.25) is 0 Å². The van der Waals surface area contributed by atoms with Crippen molar-refractivity contribution in [3.8, 4) is 16.8 Å². The van der Waals surface area contributed by atoms with Crippen LogP contribution in [0, 0.1) is 6.92 Å². The van der Waals surface area contributed by atoms with E-state index >= 15 is 0 Å². The molecule has 7 heteroatoms. The molecule has 2 aromatic carbocycles. The van der Waals surface area contributed by atoms with Gasteiger partial charge in [-0.1, -0.05) is 35.3 Å². The minimum Gasteiger partial charge on any atom is -0.462 e. The van der Waals surface area contributed by atoms with Crippen LogP contribution in [0.25, 0.3) is 16.8 Å². The van der Waals surface area contributed by atoms with Crippen LogP contribution in [0.3, 0.4) is 0 Å². The van der Waals surface area contributed by atoms with E-state index in [1.54, 1.807) is 0 Å². The maximum absolute atomic E-state index is 13.2. The van der Waals surface area contributed by atoms with E-state index in [2.05, 4.69) is 21.4 Å². The Hall–Kier alpha value is -2.31. The number of carbonyl (C=O) groups excluding carboxylic acids is 1. The van der Waals surface area contributed by atoms with E-state index in [1.807, 2.05) is 62.4 Å². The van der Waals surface area contributed by atoms with E-state index in [4.69, 9.17) is 27.9 Å². The zero-order valence-electron chi connectivity index (χ0n) is 19.3. The Bertz CT molecular complexity index is 1120. The number of hydrogen-bond acceptors (Lipinski definition) is 4. The monoisotopic (exact) mass is 485 g/mol. The van der Waals surface area contributed by atoms with Gasteiger partial charge in [-0.25, -0.2) is 4.79 Å². The van der Waals surface area contributed by atoms with E-state index in [1.165, 1.54) is 0 Å². The summed E-state index contributed by atoms with van der Waals surface area (Å²) in [5.74, 6) is -0.313. The van der Waals surface area contributed by atoms with Crippen molar-refractivity contribution in [1.82, 2.24) is 14.4 Å². The summed E-state index contributed by atoms with van der Waals surface area (Å²) in [5, 5.41) is 1.33. The summed E-state index contributed by atoms with van der Waals surface area (Å²) >= 11 is 12.4. The van der Waals surface area contributed by atoms with E-state index in [9.17, 15) is 4.79 Å². The molecule has 3 aromatic rings. The number of rotatable bonds is 6. The molecule has 0 unspecified atom stereocenters. The Balaban J connectivity index is 1.94. The fourth-order valence-electron chi connectivity index (χ4n) is 4.44. The molecule has 1 aliphatic rings. The number of likely N-dealkylation sites (N-methyl/N-ethyl adjacent to an activating group) is 1. The second-order valence-corrected chi connectivity index (χ2v) is 9.27. The van der Waals surface area contributed by atoms with Crippen LogP contribution in [0.1, 0.15) is 28.7 Å². The largest absolute Gasteiger partial charge is 0.462 e. The molecule has 1 fully saturated rings. The van der Waals surface area contributed by atoms with Crippen LogP contribution >= 0.6 is 23.2 Å². The highest BCUT2D eigenvalue weighted by Crippen LogP contribution is 2.37. The van der Waals surface area contributed by atoms with E-state index in [0.29, 0.717) is 28.8 Å². The van der Waals surface area contributed by atoms with Crippen molar-refractivity contribution in [2.24, 2.45) is 0 Å². The van der Waals surface area contributed by atoms with Gasteiger partial charge in [0.25, 0.3) is 0 Å². The minimum atomic E-state index is -0.313. The third-order valence-corrected chi connectivity index (χ3v) is 6.68. The van der Waals surface area contributed by atoms with Gasteiger partial charge in [-0.2, -0.15) is 0 Å². The summed E-state index contributed by atoms with van der Waals surface area (Å²) in [7, 11) is 2.15. The molecule has 1 saturated heterocycles. The lowest BCUT2D eigenvalue weighted by atomic mass is 9.99.